The highest BCUT2D eigenvalue weighted by Crippen LogP contribution is 2.42. The molecule has 0 saturated heterocycles. The minimum atomic E-state index is 0.197. The SMILES string of the molecule is NCC1(c2cccc(-n3nccc3C3CC3)c2)CCCC1. The molecule has 2 saturated carbocycles. The molecule has 0 unspecified atom stereocenters. The first-order valence-electron chi connectivity index (χ1n) is 8.17. The zero-order valence-electron chi connectivity index (χ0n) is 12.5. The molecule has 3 heteroatoms. The van der Waals surface area contributed by atoms with Crippen LogP contribution in [0.4, 0.5) is 0 Å². The Labute approximate surface area is 126 Å². The van der Waals surface area contributed by atoms with Gasteiger partial charge in [0.25, 0.3) is 0 Å². The Morgan fingerprint density at radius 3 is 2.71 bits per heavy atom. The van der Waals surface area contributed by atoms with Crippen LogP contribution in [0.2, 0.25) is 0 Å². The highest BCUT2D eigenvalue weighted by molar-refractivity contribution is 5.41. The lowest BCUT2D eigenvalue weighted by Crippen LogP contribution is -2.32. The van der Waals surface area contributed by atoms with E-state index in [4.69, 9.17) is 5.73 Å². The summed E-state index contributed by atoms with van der Waals surface area (Å²) in [5, 5.41) is 4.55. The minimum absolute atomic E-state index is 0.197. The van der Waals surface area contributed by atoms with E-state index in [1.54, 1.807) is 0 Å². The molecule has 0 aliphatic heterocycles. The lowest BCUT2D eigenvalue weighted by Gasteiger charge is -2.28. The van der Waals surface area contributed by atoms with Crippen molar-refractivity contribution >= 4 is 0 Å². The van der Waals surface area contributed by atoms with Gasteiger partial charge in [0.2, 0.25) is 0 Å². The number of nitrogens with two attached hydrogens (primary N) is 1. The Morgan fingerprint density at radius 1 is 1.19 bits per heavy atom. The topological polar surface area (TPSA) is 43.8 Å². The molecule has 3 nitrogen and oxygen atoms in total. The molecule has 0 atom stereocenters. The van der Waals surface area contributed by atoms with Gasteiger partial charge in [0.1, 0.15) is 0 Å². The van der Waals surface area contributed by atoms with Crippen molar-refractivity contribution in [2.45, 2.75) is 49.9 Å². The number of hydrogen-bond donors (Lipinski definition) is 1. The molecule has 1 aromatic carbocycles. The molecule has 21 heavy (non-hydrogen) atoms. The van der Waals surface area contributed by atoms with E-state index in [0.29, 0.717) is 5.92 Å². The van der Waals surface area contributed by atoms with E-state index in [1.807, 2.05) is 6.20 Å². The molecule has 0 spiro atoms. The van der Waals surface area contributed by atoms with Crippen LogP contribution in [0.25, 0.3) is 5.69 Å². The Hall–Kier alpha value is -1.61. The molecule has 0 bridgehead atoms. The summed E-state index contributed by atoms with van der Waals surface area (Å²) in [4.78, 5) is 0. The molecule has 0 radical (unpaired) electrons. The number of benzene rings is 1. The average Bonchev–Trinajstić information content (AvgIpc) is 3.07. The highest BCUT2D eigenvalue weighted by Gasteiger charge is 2.34. The Bertz CT molecular complexity index is 633. The highest BCUT2D eigenvalue weighted by atomic mass is 15.3. The van der Waals surface area contributed by atoms with Crippen LogP contribution in [0.5, 0.6) is 0 Å². The molecule has 2 aliphatic rings. The summed E-state index contributed by atoms with van der Waals surface area (Å²) in [5.74, 6) is 0.714. The van der Waals surface area contributed by atoms with Crippen molar-refractivity contribution in [1.29, 1.82) is 0 Å². The van der Waals surface area contributed by atoms with Gasteiger partial charge in [0, 0.05) is 29.8 Å². The van der Waals surface area contributed by atoms with Gasteiger partial charge in [-0.25, -0.2) is 4.68 Å². The summed E-state index contributed by atoms with van der Waals surface area (Å²) in [6.45, 7) is 0.755. The van der Waals surface area contributed by atoms with Crippen LogP contribution in [0.1, 0.15) is 55.7 Å². The van der Waals surface area contributed by atoms with Gasteiger partial charge in [0.05, 0.1) is 5.69 Å². The van der Waals surface area contributed by atoms with Crippen molar-refractivity contribution in [2.24, 2.45) is 5.73 Å². The van der Waals surface area contributed by atoms with Crippen molar-refractivity contribution < 1.29 is 0 Å². The lowest BCUT2D eigenvalue weighted by atomic mass is 9.79. The summed E-state index contributed by atoms with van der Waals surface area (Å²) < 4.78 is 2.13. The average molecular weight is 281 g/mol. The van der Waals surface area contributed by atoms with Gasteiger partial charge < -0.3 is 5.73 Å². The van der Waals surface area contributed by atoms with Crippen molar-refractivity contribution in [3.63, 3.8) is 0 Å². The molecule has 1 aromatic heterocycles. The Balaban J connectivity index is 1.74. The quantitative estimate of drug-likeness (QED) is 0.932. The van der Waals surface area contributed by atoms with E-state index in [1.165, 1.54) is 55.5 Å². The molecule has 110 valence electrons. The van der Waals surface area contributed by atoms with Crippen LogP contribution >= 0.6 is 0 Å². The fraction of sp³-hybridized carbons (Fsp3) is 0.500. The molecule has 2 aliphatic carbocycles. The molecule has 1 heterocycles. The van der Waals surface area contributed by atoms with E-state index in [2.05, 4.69) is 40.1 Å². The standard InChI is InChI=1S/C18H23N3/c19-13-18(9-1-2-10-18)15-4-3-5-16(12-15)21-17(8-11-20-21)14-6-7-14/h3-5,8,11-12,14H,1-2,6-7,9-10,13,19H2. The predicted molar refractivity (Wildman–Crippen MR) is 84.7 cm³/mol. The number of rotatable bonds is 4. The second-order valence-electron chi connectivity index (χ2n) is 6.68. The molecule has 4 rings (SSSR count). The Morgan fingerprint density at radius 2 is 2.00 bits per heavy atom. The second-order valence-corrected chi connectivity index (χ2v) is 6.68. The summed E-state index contributed by atoms with van der Waals surface area (Å²) in [5.41, 5.74) is 10.3. The monoisotopic (exact) mass is 281 g/mol. The predicted octanol–water partition coefficient (Wildman–Crippen LogP) is 3.52. The van der Waals surface area contributed by atoms with Crippen molar-refractivity contribution in [3.8, 4) is 5.69 Å². The van der Waals surface area contributed by atoms with Gasteiger partial charge in [-0.2, -0.15) is 5.10 Å². The zero-order chi connectivity index (χ0) is 14.3. The van der Waals surface area contributed by atoms with E-state index in [9.17, 15) is 0 Å². The summed E-state index contributed by atoms with van der Waals surface area (Å²) in [7, 11) is 0. The molecule has 2 fully saturated rings. The molecular formula is C18H23N3. The van der Waals surface area contributed by atoms with Crippen LogP contribution in [0, 0.1) is 0 Å². The molecule has 2 N–H and O–H groups in total. The Kier molecular flexibility index (Phi) is 3.11. The third kappa shape index (κ3) is 2.20. The minimum Gasteiger partial charge on any atom is -0.330 e. The fourth-order valence-corrected chi connectivity index (χ4v) is 3.85. The van der Waals surface area contributed by atoms with Crippen molar-refractivity contribution in [2.75, 3.05) is 6.54 Å². The first kappa shape index (κ1) is 13.1. The van der Waals surface area contributed by atoms with Crippen molar-refractivity contribution in [1.82, 2.24) is 9.78 Å². The second kappa shape index (κ2) is 4.99. The molecule has 0 amide bonds. The smallest absolute Gasteiger partial charge is 0.0651 e. The maximum Gasteiger partial charge on any atom is 0.0651 e. The van der Waals surface area contributed by atoms with E-state index in [-0.39, 0.29) is 5.41 Å². The first-order chi connectivity index (χ1) is 10.3. The van der Waals surface area contributed by atoms with Gasteiger partial charge in [-0.05, 0) is 49.4 Å². The normalized spacial score (nSPS) is 20.8. The van der Waals surface area contributed by atoms with Crippen LogP contribution in [-0.4, -0.2) is 16.3 Å². The third-order valence-electron chi connectivity index (χ3n) is 5.32. The largest absolute Gasteiger partial charge is 0.330 e. The van der Waals surface area contributed by atoms with Crippen LogP contribution in [-0.2, 0) is 5.41 Å². The molecule has 2 aromatic rings. The summed E-state index contributed by atoms with van der Waals surface area (Å²) in [6, 6.07) is 11.1. The number of nitrogens with zero attached hydrogens (tertiary/aromatic N) is 2. The van der Waals surface area contributed by atoms with Gasteiger partial charge in [-0.3, -0.25) is 0 Å². The van der Waals surface area contributed by atoms with Gasteiger partial charge in [-0.1, -0.05) is 25.0 Å². The van der Waals surface area contributed by atoms with Gasteiger partial charge >= 0.3 is 0 Å². The fourth-order valence-electron chi connectivity index (χ4n) is 3.85. The van der Waals surface area contributed by atoms with E-state index < -0.39 is 0 Å². The van der Waals surface area contributed by atoms with Crippen LogP contribution < -0.4 is 5.73 Å². The summed E-state index contributed by atoms with van der Waals surface area (Å²) in [6.07, 6.45) is 9.58. The number of hydrogen-bond acceptors (Lipinski definition) is 2. The van der Waals surface area contributed by atoms with E-state index >= 15 is 0 Å². The summed E-state index contributed by atoms with van der Waals surface area (Å²) >= 11 is 0. The van der Waals surface area contributed by atoms with Gasteiger partial charge in [-0.15, -0.1) is 0 Å². The van der Waals surface area contributed by atoms with Crippen LogP contribution in [0.15, 0.2) is 36.5 Å². The van der Waals surface area contributed by atoms with Gasteiger partial charge in [0.15, 0.2) is 0 Å². The van der Waals surface area contributed by atoms with Crippen molar-refractivity contribution in [3.05, 3.63) is 47.8 Å². The maximum absolute atomic E-state index is 6.14. The third-order valence-corrected chi connectivity index (χ3v) is 5.32. The molecular weight excluding hydrogens is 258 g/mol. The zero-order valence-corrected chi connectivity index (χ0v) is 12.5. The van der Waals surface area contributed by atoms with Crippen LogP contribution in [0.3, 0.4) is 0 Å². The lowest BCUT2D eigenvalue weighted by molar-refractivity contribution is 0.453. The maximum atomic E-state index is 6.14. The van der Waals surface area contributed by atoms with E-state index in [0.717, 1.165) is 6.54 Å². The first-order valence-corrected chi connectivity index (χ1v) is 8.17. The number of aromatic nitrogens is 2.